The molecule has 7 nitrogen and oxygen atoms in total. The van der Waals surface area contributed by atoms with Gasteiger partial charge in [-0.3, -0.25) is 19.3 Å². The van der Waals surface area contributed by atoms with Crippen LogP contribution in [0.5, 0.6) is 0 Å². The lowest BCUT2D eigenvalue weighted by Gasteiger charge is -2.23. The summed E-state index contributed by atoms with van der Waals surface area (Å²) in [7, 11) is 0. The van der Waals surface area contributed by atoms with Gasteiger partial charge in [0.15, 0.2) is 6.10 Å². The van der Waals surface area contributed by atoms with E-state index < -0.39 is 41.7 Å². The van der Waals surface area contributed by atoms with E-state index in [1.807, 2.05) is 12.2 Å². The number of nitrogens with one attached hydrogen (secondary N) is 1. The fraction of sp³-hybridized carbons (Fsp3) is 0.400. The highest BCUT2D eigenvalue weighted by molar-refractivity contribution is 6.08. The third-order valence-corrected chi connectivity index (χ3v) is 5.04. The zero-order valence-corrected chi connectivity index (χ0v) is 15.6. The van der Waals surface area contributed by atoms with Crippen molar-refractivity contribution < 1.29 is 28.3 Å². The minimum absolute atomic E-state index is 0.351. The Kier molecular flexibility index (Phi) is 5.58. The number of anilines is 1. The van der Waals surface area contributed by atoms with Gasteiger partial charge in [-0.05, 0) is 51.0 Å². The van der Waals surface area contributed by atoms with Crippen LogP contribution in [0.2, 0.25) is 0 Å². The molecule has 0 radical (unpaired) electrons. The normalized spacial score (nSPS) is 23.2. The van der Waals surface area contributed by atoms with Gasteiger partial charge in [0.25, 0.3) is 5.91 Å². The fourth-order valence-corrected chi connectivity index (χ4v) is 3.42. The van der Waals surface area contributed by atoms with Gasteiger partial charge in [-0.15, -0.1) is 0 Å². The molecule has 1 saturated heterocycles. The standard InChI is InChI=1S/C20H21FN2O5/c1-11(23-18(25)15-5-3-4-6-16(15)19(23)26)20(27)28-12(2)17(24)22-14-9-7-13(21)8-10-14/h3-4,7-12,15-16H,5-6H2,1-2H3,(H,22,24)/t11-,12+,15-,16+/m0/s1. The van der Waals surface area contributed by atoms with Crippen LogP contribution < -0.4 is 5.32 Å². The number of esters is 1. The number of carbonyl (C=O) groups is 4. The van der Waals surface area contributed by atoms with Gasteiger partial charge in [-0.25, -0.2) is 9.18 Å². The van der Waals surface area contributed by atoms with E-state index in [1.165, 1.54) is 38.1 Å². The van der Waals surface area contributed by atoms with E-state index in [4.69, 9.17) is 4.74 Å². The Labute approximate surface area is 161 Å². The molecule has 1 heterocycles. The second kappa shape index (κ2) is 7.92. The van der Waals surface area contributed by atoms with Crippen LogP contribution in [0.15, 0.2) is 36.4 Å². The summed E-state index contributed by atoms with van der Waals surface area (Å²) >= 11 is 0. The summed E-state index contributed by atoms with van der Waals surface area (Å²) < 4.78 is 18.1. The summed E-state index contributed by atoms with van der Waals surface area (Å²) in [6, 6.07) is 4.01. The summed E-state index contributed by atoms with van der Waals surface area (Å²) in [6.45, 7) is 2.79. The number of likely N-dealkylation sites (tertiary alicyclic amines) is 1. The second-order valence-corrected chi connectivity index (χ2v) is 6.95. The molecule has 4 atom stereocenters. The van der Waals surface area contributed by atoms with Crippen LogP contribution >= 0.6 is 0 Å². The maximum absolute atomic E-state index is 12.9. The van der Waals surface area contributed by atoms with E-state index in [2.05, 4.69) is 5.32 Å². The molecule has 0 spiro atoms. The molecule has 1 fully saturated rings. The van der Waals surface area contributed by atoms with Gasteiger partial charge >= 0.3 is 5.97 Å². The molecule has 3 amide bonds. The van der Waals surface area contributed by atoms with Gasteiger partial charge in [0.1, 0.15) is 11.9 Å². The SMILES string of the molecule is C[C@@H](OC(=O)[C@H](C)N1C(=O)[C@H]2CC=CC[C@H]2C1=O)C(=O)Nc1ccc(F)cc1. The van der Waals surface area contributed by atoms with E-state index in [0.717, 1.165) is 4.90 Å². The average Bonchev–Trinajstić information content (AvgIpc) is 2.93. The number of benzene rings is 1. The molecule has 2 aliphatic rings. The number of rotatable bonds is 5. The summed E-state index contributed by atoms with van der Waals surface area (Å²) in [6.07, 6.45) is 3.52. The maximum Gasteiger partial charge on any atom is 0.329 e. The van der Waals surface area contributed by atoms with Crippen molar-refractivity contribution in [3.8, 4) is 0 Å². The molecule has 1 aliphatic heterocycles. The van der Waals surface area contributed by atoms with Crippen LogP contribution in [0.1, 0.15) is 26.7 Å². The predicted octanol–water partition coefficient (Wildman–Crippen LogP) is 2.04. The first kappa shape index (κ1) is 19.7. The molecule has 1 N–H and O–H groups in total. The topological polar surface area (TPSA) is 92.8 Å². The van der Waals surface area contributed by atoms with Crippen molar-refractivity contribution in [1.29, 1.82) is 0 Å². The van der Waals surface area contributed by atoms with Crippen molar-refractivity contribution in [2.24, 2.45) is 11.8 Å². The van der Waals surface area contributed by atoms with E-state index in [9.17, 15) is 23.6 Å². The number of nitrogens with zero attached hydrogens (tertiary/aromatic N) is 1. The molecule has 0 bridgehead atoms. The van der Waals surface area contributed by atoms with E-state index in [1.54, 1.807) is 0 Å². The van der Waals surface area contributed by atoms with Crippen LogP contribution in [0.4, 0.5) is 10.1 Å². The van der Waals surface area contributed by atoms with Crippen LogP contribution in [-0.2, 0) is 23.9 Å². The Morgan fingerprint density at radius 2 is 1.61 bits per heavy atom. The molecule has 0 aromatic heterocycles. The highest BCUT2D eigenvalue weighted by Crippen LogP contribution is 2.36. The zero-order chi connectivity index (χ0) is 20.4. The first-order chi connectivity index (χ1) is 13.3. The van der Waals surface area contributed by atoms with Crippen molar-refractivity contribution in [1.82, 2.24) is 4.90 Å². The van der Waals surface area contributed by atoms with E-state index in [-0.39, 0.29) is 11.8 Å². The number of fused-ring (bicyclic) bond motifs is 1. The lowest BCUT2D eigenvalue weighted by molar-refractivity contribution is -0.163. The zero-order valence-electron chi connectivity index (χ0n) is 15.6. The average molecular weight is 388 g/mol. The van der Waals surface area contributed by atoms with Crippen molar-refractivity contribution in [3.05, 3.63) is 42.2 Å². The molecule has 28 heavy (non-hydrogen) atoms. The van der Waals surface area contributed by atoms with Crippen LogP contribution in [0.3, 0.4) is 0 Å². The Hall–Kier alpha value is -3.03. The summed E-state index contributed by atoms with van der Waals surface area (Å²) in [5, 5.41) is 2.50. The van der Waals surface area contributed by atoms with E-state index in [0.29, 0.717) is 18.5 Å². The number of carbonyl (C=O) groups excluding carboxylic acids is 4. The van der Waals surface area contributed by atoms with Crippen LogP contribution in [0, 0.1) is 17.7 Å². The van der Waals surface area contributed by atoms with Crippen molar-refractivity contribution >= 4 is 29.4 Å². The molecule has 1 aromatic rings. The predicted molar refractivity (Wildman–Crippen MR) is 97.3 cm³/mol. The number of hydrogen-bond donors (Lipinski definition) is 1. The van der Waals surface area contributed by atoms with Gasteiger partial charge < -0.3 is 10.1 Å². The minimum Gasteiger partial charge on any atom is -0.451 e. The molecule has 3 rings (SSSR count). The first-order valence-corrected chi connectivity index (χ1v) is 9.08. The number of halogens is 1. The summed E-state index contributed by atoms with van der Waals surface area (Å²) in [5.41, 5.74) is 0.351. The number of imide groups is 1. The maximum atomic E-state index is 12.9. The Morgan fingerprint density at radius 3 is 2.14 bits per heavy atom. The highest BCUT2D eigenvalue weighted by Gasteiger charge is 2.50. The molecular formula is C20H21FN2O5. The molecule has 1 aromatic carbocycles. The molecule has 0 unspecified atom stereocenters. The smallest absolute Gasteiger partial charge is 0.329 e. The lowest BCUT2D eigenvalue weighted by atomic mass is 9.85. The molecular weight excluding hydrogens is 367 g/mol. The van der Waals surface area contributed by atoms with Crippen molar-refractivity contribution in [3.63, 3.8) is 0 Å². The molecule has 0 saturated carbocycles. The van der Waals surface area contributed by atoms with Gasteiger partial charge in [0.2, 0.25) is 11.8 Å². The van der Waals surface area contributed by atoms with Crippen LogP contribution in [-0.4, -0.2) is 40.7 Å². The largest absolute Gasteiger partial charge is 0.451 e. The fourth-order valence-electron chi connectivity index (χ4n) is 3.42. The van der Waals surface area contributed by atoms with E-state index >= 15 is 0 Å². The van der Waals surface area contributed by atoms with Crippen molar-refractivity contribution in [2.45, 2.75) is 38.8 Å². The lowest BCUT2D eigenvalue weighted by Crippen LogP contribution is -2.46. The number of amides is 3. The number of ether oxygens (including phenoxy) is 1. The minimum atomic E-state index is -1.16. The Morgan fingerprint density at radius 1 is 1.07 bits per heavy atom. The van der Waals surface area contributed by atoms with Gasteiger partial charge in [0, 0.05) is 5.69 Å². The molecule has 8 heteroatoms. The van der Waals surface area contributed by atoms with Crippen LogP contribution in [0.25, 0.3) is 0 Å². The highest BCUT2D eigenvalue weighted by atomic mass is 19.1. The number of allylic oxidation sites excluding steroid dienone is 2. The van der Waals surface area contributed by atoms with Gasteiger partial charge in [-0.2, -0.15) is 0 Å². The quantitative estimate of drug-likeness (QED) is 0.473. The van der Waals surface area contributed by atoms with Gasteiger partial charge in [0.05, 0.1) is 11.8 Å². The Balaban J connectivity index is 1.60. The Bertz CT molecular complexity index is 810. The monoisotopic (exact) mass is 388 g/mol. The number of hydrogen-bond acceptors (Lipinski definition) is 5. The second-order valence-electron chi connectivity index (χ2n) is 6.95. The van der Waals surface area contributed by atoms with Gasteiger partial charge in [-0.1, -0.05) is 12.2 Å². The third-order valence-electron chi connectivity index (χ3n) is 5.04. The molecule has 148 valence electrons. The third kappa shape index (κ3) is 3.81. The first-order valence-electron chi connectivity index (χ1n) is 9.08. The summed E-state index contributed by atoms with van der Waals surface area (Å²) in [4.78, 5) is 50.6. The summed E-state index contributed by atoms with van der Waals surface area (Å²) in [5.74, 6) is -3.53. The molecule has 1 aliphatic carbocycles. The van der Waals surface area contributed by atoms with Crippen molar-refractivity contribution in [2.75, 3.05) is 5.32 Å².